The van der Waals surface area contributed by atoms with Crippen molar-refractivity contribution < 1.29 is 49.8 Å². The smallest absolute Gasteiger partial charge is 0.416 e. The number of carbonyl (C=O) groups is 2. The first kappa shape index (κ1) is 31.3. The van der Waals surface area contributed by atoms with Crippen LogP contribution in [0.2, 0.25) is 0 Å². The molecule has 2 aliphatic heterocycles. The first-order valence-corrected chi connectivity index (χ1v) is 13.5. The lowest BCUT2D eigenvalue weighted by Crippen LogP contribution is -2.38. The maximum absolute atomic E-state index is 14.2. The van der Waals surface area contributed by atoms with Crippen LogP contribution in [0.3, 0.4) is 0 Å². The molecule has 0 aliphatic carbocycles. The van der Waals surface area contributed by atoms with Gasteiger partial charge in [0.05, 0.1) is 22.7 Å². The van der Waals surface area contributed by atoms with Crippen molar-refractivity contribution in [2.45, 2.75) is 36.9 Å². The number of ether oxygens (including phenoxy) is 1. The molecule has 5 rings (SSSR count). The van der Waals surface area contributed by atoms with Crippen molar-refractivity contribution in [3.05, 3.63) is 77.9 Å². The minimum Gasteiger partial charge on any atom is -0.489 e. The molecule has 3 aromatic rings. The summed E-state index contributed by atoms with van der Waals surface area (Å²) in [5, 5.41) is 9.67. The third-order valence-electron chi connectivity index (χ3n) is 5.98. The average Bonchev–Trinajstić information content (AvgIpc) is 3.32. The number of carboxylic acid groups (broad SMARTS) is 1. The van der Waals surface area contributed by atoms with E-state index in [2.05, 4.69) is 5.32 Å². The fourth-order valence-corrected chi connectivity index (χ4v) is 5.55. The highest BCUT2D eigenvalue weighted by Gasteiger charge is 2.35. The summed E-state index contributed by atoms with van der Waals surface area (Å²) < 4.78 is 99.7. The zero-order chi connectivity index (χ0) is 30.4. The number of halogens is 5. The third-order valence-corrected chi connectivity index (χ3v) is 7.79. The Morgan fingerprint density at radius 3 is 2.37 bits per heavy atom. The van der Waals surface area contributed by atoms with E-state index in [-0.39, 0.29) is 48.1 Å². The van der Waals surface area contributed by atoms with Gasteiger partial charge in [0, 0.05) is 18.0 Å². The molecule has 1 amide bonds. The molecule has 0 aromatic heterocycles. The molecule has 2 N–H and O–H groups in total. The minimum atomic E-state index is -4.71. The molecule has 0 spiro atoms. The molecular weight excluding hydrogens is 575 g/mol. The highest BCUT2D eigenvalue weighted by molar-refractivity contribution is 7.92. The molecule has 1 unspecified atom stereocenters. The number of fused-ring (bicyclic) bond motifs is 1. The van der Waals surface area contributed by atoms with E-state index in [0.29, 0.717) is 12.1 Å². The lowest BCUT2D eigenvalue weighted by molar-refractivity contribution is -0.137. The summed E-state index contributed by atoms with van der Waals surface area (Å²) in [6, 6.07) is 10.8. The zero-order valence-electron chi connectivity index (χ0n) is 21.5. The molecule has 2 heterocycles. The van der Waals surface area contributed by atoms with Crippen molar-refractivity contribution in [1.29, 1.82) is 0 Å². The molecule has 2 aliphatic rings. The average molecular weight is 601 g/mol. The molecule has 1 fully saturated rings. The maximum atomic E-state index is 14.2. The molecule has 0 bridgehead atoms. The Morgan fingerprint density at radius 1 is 1.07 bits per heavy atom. The van der Waals surface area contributed by atoms with Gasteiger partial charge in [-0.1, -0.05) is 12.1 Å². The monoisotopic (exact) mass is 600 g/mol. The Hall–Kier alpha value is -4.20. The second-order valence-electron chi connectivity index (χ2n) is 8.87. The van der Waals surface area contributed by atoms with E-state index in [1.807, 2.05) is 6.92 Å². The van der Waals surface area contributed by atoms with Crippen molar-refractivity contribution in [1.82, 2.24) is 5.32 Å². The number of rotatable bonds is 3. The fourth-order valence-electron chi connectivity index (χ4n) is 4.06. The van der Waals surface area contributed by atoms with Gasteiger partial charge in [-0.15, -0.1) is 0 Å². The highest BCUT2D eigenvalue weighted by atomic mass is 32.2. The lowest BCUT2D eigenvalue weighted by atomic mass is 10.0. The number of benzene rings is 3. The van der Waals surface area contributed by atoms with Gasteiger partial charge in [0.2, 0.25) is 5.91 Å². The van der Waals surface area contributed by atoms with Crippen LogP contribution in [0.1, 0.15) is 25.3 Å². The number of sulfonamides is 1. The van der Waals surface area contributed by atoms with Gasteiger partial charge in [-0.05, 0) is 67.4 Å². The van der Waals surface area contributed by atoms with Crippen LogP contribution in [0, 0.1) is 11.6 Å². The van der Waals surface area contributed by atoms with Crippen molar-refractivity contribution in [3.63, 3.8) is 0 Å². The molecule has 41 heavy (non-hydrogen) atoms. The number of nitrogens with zero attached hydrogens (tertiary/aromatic N) is 1. The van der Waals surface area contributed by atoms with Gasteiger partial charge in [0.15, 0.2) is 0 Å². The zero-order valence-corrected chi connectivity index (χ0v) is 22.3. The molecule has 1 atom stereocenters. The summed E-state index contributed by atoms with van der Waals surface area (Å²) in [7, 11) is -4.39. The predicted molar refractivity (Wildman–Crippen MR) is 139 cm³/mol. The van der Waals surface area contributed by atoms with Crippen LogP contribution in [0.4, 0.5) is 27.6 Å². The molecule has 3 aromatic carbocycles. The standard InChI is InChI=1S/C21H14F5NO3S.C5H9NO.CH2O2/c22-15-5-6-18(23)17(12-15)13-4-7-20-19(10-13)27(8-9-30-20)31(28,29)16-3-1-2-14(11-16)21(24,25)26;1-4-2-3-5(7)6-4;2-1-3/h1-7,10-12H,8-9H2;4H,2-3H2,1H3,(H,6,7);1H,(H,2,3). The second kappa shape index (κ2) is 13.0. The van der Waals surface area contributed by atoms with Crippen molar-refractivity contribution in [3.8, 4) is 16.9 Å². The van der Waals surface area contributed by atoms with Crippen LogP contribution >= 0.6 is 0 Å². The molecule has 8 nitrogen and oxygen atoms in total. The van der Waals surface area contributed by atoms with Gasteiger partial charge in [-0.2, -0.15) is 13.2 Å². The van der Waals surface area contributed by atoms with Crippen LogP contribution in [-0.2, 0) is 25.8 Å². The molecule has 0 radical (unpaired) electrons. The number of alkyl halides is 3. The van der Waals surface area contributed by atoms with Crippen LogP contribution in [0.25, 0.3) is 11.1 Å². The number of hydrogen-bond acceptors (Lipinski definition) is 5. The van der Waals surface area contributed by atoms with Gasteiger partial charge in [-0.25, -0.2) is 17.2 Å². The predicted octanol–water partition coefficient (Wildman–Crippen LogP) is 5.22. The first-order chi connectivity index (χ1) is 19.3. The van der Waals surface area contributed by atoms with E-state index in [0.717, 1.165) is 53.5 Å². The Morgan fingerprint density at radius 2 is 1.78 bits per heavy atom. The summed E-state index contributed by atoms with van der Waals surface area (Å²) in [6.45, 7) is 1.57. The summed E-state index contributed by atoms with van der Waals surface area (Å²) >= 11 is 0. The Balaban J connectivity index is 0.000000393. The summed E-state index contributed by atoms with van der Waals surface area (Å²) in [4.78, 5) is 18.2. The largest absolute Gasteiger partial charge is 0.489 e. The SMILES string of the molecule is CC1CCC(=O)N1.O=CO.O=S(=O)(c1cccc(C(F)(F)F)c1)N1CCOc2ccc(-c3cc(F)ccc3F)cc21. The molecule has 1 saturated heterocycles. The molecule has 0 saturated carbocycles. The number of hydrogen-bond donors (Lipinski definition) is 2. The fraction of sp³-hybridized carbons (Fsp3) is 0.259. The summed E-state index contributed by atoms with van der Waals surface area (Å²) in [5.74, 6) is -1.04. The maximum Gasteiger partial charge on any atom is 0.416 e. The van der Waals surface area contributed by atoms with Gasteiger partial charge in [-0.3, -0.25) is 13.9 Å². The van der Waals surface area contributed by atoms with E-state index in [1.54, 1.807) is 0 Å². The van der Waals surface area contributed by atoms with E-state index < -0.39 is 38.3 Å². The molecule has 220 valence electrons. The van der Waals surface area contributed by atoms with E-state index in [9.17, 15) is 35.2 Å². The van der Waals surface area contributed by atoms with Gasteiger partial charge in [0.1, 0.15) is 24.0 Å². The van der Waals surface area contributed by atoms with E-state index in [4.69, 9.17) is 14.6 Å². The van der Waals surface area contributed by atoms with Gasteiger partial charge >= 0.3 is 6.18 Å². The number of amides is 1. The Kier molecular flexibility index (Phi) is 9.92. The second-order valence-corrected chi connectivity index (χ2v) is 10.7. The van der Waals surface area contributed by atoms with E-state index >= 15 is 0 Å². The number of nitrogens with one attached hydrogen (secondary N) is 1. The highest BCUT2D eigenvalue weighted by Crippen LogP contribution is 2.40. The van der Waals surface area contributed by atoms with Crippen molar-refractivity contribution in [2.75, 3.05) is 17.5 Å². The van der Waals surface area contributed by atoms with Crippen molar-refractivity contribution in [2.24, 2.45) is 0 Å². The Labute approximate surface area is 232 Å². The number of carbonyl (C=O) groups excluding carboxylic acids is 1. The Bertz CT molecular complexity index is 1510. The van der Waals surface area contributed by atoms with Crippen LogP contribution in [-0.4, -0.2) is 45.1 Å². The minimum absolute atomic E-state index is 0.0184. The molecular formula is C27H25F5N2O6S. The van der Waals surface area contributed by atoms with Crippen LogP contribution in [0.15, 0.2) is 65.6 Å². The van der Waals surface area contributed by atoms with Gasteiger partial charge < -0.3 is 15.2 Å². The topological polar surface area (TPSA) is 113 Å². The quantitative estimate of drug-likeness (QED) is 0.315. The van der Waals surface area contributed by atoms with Crippen LogP contribution < -0.4 is 14.4 Å². The van der Waals surface area contributed by atoms with Crippen LogP contribution in [0.5, 0.6) is 5.75 Å². The summed E-state index contributed by atoms with van der Waals surface area (Å²) in [6.07, 6.45) is -2.98. The third kappa shape index (κ3) is 7.72. The number of anilines is 1. The van der Waals surface area contributed by atoms with Gasteiger partial charge in [0.25, 0.3) is 16.5 Å². The first-order valence-electron chi connectivity index (χ1n) is 12.1. The lowest BCUT2D eigenvalue weighted by Gasteiger charge is -2.31. The van der Waals surface area contributed by atoms with Crippen molar-refractivity contribution >= 4 is 28.1 Å². The van der Waals surface area contributed by atoms with E-state index in [1.165, 1.54) is 18.2 Å². The molecule has 14 heteroatoms. The summed E-state index contributed by atoms with van der Waals surface area (Å²) in [5.41, 5.74) is -0.988. The normalized spacial score (nSPS) is 16.2.